The summed E-state index contributed by atoms with van der Waals surface area (Å²) in [6, 6.07) is 0. The molecule has 1 saturated carbocycles. The Hall–Kier alpha value is -0.120. The van der Waals surface area contributed by atoms with Crippen LogP contribution >= 0.6 is 0 Å². The molecule has 0 bridgehead atoms. The molecule has 0 heterocycles. The van der Waals surface area contributed by atoms with Crippen molar-refractivity contribution in [3.8, 4) is 0 Å². The largest absolute Gasteiger partial charge is 0.396 e. The number of aliphatic hydroxyl groups is 1. The predicted molar refractivity (Wildman–Crippen MR) is 70.9 cm³/mol. The summed E-state index contributed by atoms with van der Waals surface area (Å²) in [5.41, 5.74) is 6.09. The van der Waals surface area contributed by atoms with Crippen LogP contribution in [-0.2, 0) is 4.74 Å². The first-order valence-electron chi connectivity index (χ1n) is 6.91. The second-order valence-electron chi connectivity index (χ2n) is 6.36. The highest BCUT2D eigenvalue weighted by Gasteiger charge is 2.46. The summed E-state index contributed by atoms with van der Waals surface area (Å²) < 4.78 is 6.11. The van der Waals surface area contributed by atoms with Gasteiger partial charge >= 0.3 is 0 Å². The maximum Gasteiger partial charge on any atom is 0.0837 e. The fraction of sp³-hybridized carbons (Fsp3) is 1.00. The monoisotopic (exact) mass is 243 g/mol. The number of hydrogen-bond acceptors (Lipinski definition) is 3. The van der Waals surface area contributed by atoms with E-state index < -0.39 is 0 Å². The van der Waals surface area contributed by atoms with E-state index in [-0.39, 0.29) is 17.6 Å². The van der Waals surface area contributed by atoms with E-state index in [1.54, 1.807) is 0 Å². The Morgan fingerprint density at radius 2 is 2.06 bits per heavy atom. The van der Waals surface area contributed by atoms with E-state index in [1.807, 2.05) is 0 Å². The number of nitrogens with two attached hydrogens (primary N) is 1. The minimum atomic E-state index is -0.161. The van der Waals surface area contributed by atoms with Crippen LogP contribution in [0.15, 0.2) is 0 Å². The van der Waals surface area contributed by atoms with E-state index in [4.69, 9.17) is 15.6 Å². The third kappa shape index (κ3) is 3.67. The highest BCUT2D eigenvalue weighted by Crippen LogP contribution is 2.45. The van der Waals surface area contributed by atoms with Gasteiger partial charge in [0.1, 0.15) is 0 Å². The fourth-order valence-electron chi connectivity index (χ4n) is 3.25. The third-order valence-electron chi connectivity index (χ3n) is 4.06. The van der Waals surface area contributed by atoms with Crippen molar-refractivity contribution in [1.29, 1.82) is 0 Å². The summed E-state index contributed by atoms with van der Waals surface area (Å²) in [5.74, 6) is 0.521. The van der Waals surface area contributed by atoms with Gasteiger partial charge < -0.3 is 15.6 Å². The van der Waals surface area contributed by atoms with Gasteiger partial charge in [-0.3, -0.25) is 0 Å². The second kappa shape index (κ2) is 6.17. The Labute approximate surface area is 106 Å². The molecular weight excluding hydrogens is 214 g/mol. The van der Waals surface area contributed by atoms with Crippen molar-refractivity contribution in [2.24, 2.45) is 17.1 Å². The van der Waals surface area contributed by atoms with E-state index in [0.29, 0.717) is 25.5 Å². The van der Waals surface area contributed by atoms with Gasteiger partial charge in [0.05, 0.1) is 5.60 Å². The summed E-state index contributed by atoms with van der Waals surface area (Å²) >= 11 is 0. The first kappa shape index (κ1) is 14.9. The lowest BCUT2D eigenvalue weighted by molar-refractivity contribution is -0.133. The lowest BCUT2D eigenvalue weighted by Gasteiger charge is -2.49. The second-order valence-corrected chi connectivity index (χ2v) is 6.36. The van der Waals surface area contributed by atoms with Crippen molar-refractivity contribution in [3.63, 3.8) is 0 Å². The van der Waals surface area contributed by atoms with E-state index in [1.165, 1.54) is 19.3 Å². The van der Waals surface area contributed by atoms with Crippen LogP contribution in [0.3, 0.4) is 0 Å². The minimum absolute atomic E-state index is 0.161. The van der Waals surface area contributed by atoms with E-state index in [0.717, 1.165) is 6.42 Å². The number of rotatable bonds is 5. The maximum atomic E-state index is 8.87. The number of aliphatic hydroxyl groups excluding tert-OH is 1. The fourth-order valence-corrected chi connectivity index (χ4v) is 3.25. The van der Waals surface area contributed by atoms with Gasteiger partial charge in [0.25, 0.3) is 0 Å². The molecule has 0 spiro atoms. The molecule has 102 valence electrons. The molecule has 1 aliphatic rings. The highest BCUT2D eigenvalue weighted by atomic mass is 16.5. The van der Waals surface area contributed by atoms with Gasteiger partial charge in [-0.15, -0.1) is 0 Å². The van der Waals surface area contributed by atoms with E-state index >= 15 is 0 Å². The molecule has 0 aliphatic heterocycles. The molecule has 17 heavy (non-hydrogen) atoms. The zero-order chi connectivity index (χ0) is 12.9. The Morgan fingerprint density at radius 3 is 2.59 bits per heavy atom. The van der Waals surface area contributed by atoms with E-state index in [2.05, 4.69) is 20.8 Å². The van der Waals surface area contributed by atoms with Gasteiger partial charge in [0.2, 0.25) is 0 Å². The van der Waals surface area contributed by atoms with Crippen LogP contribution in [-0.4, -0.2) is 30.5 Å². The summed E-state index contributed by atoms with van der Waals surface area (Å²) in [4.78, 5) is 0. The SMILES string of the molecule is CC(C)(C)C1CCCCC1(CN)OCCCO. The zero-order valence-corrected chi connectivity index (χ0v) is 11.7. The summed E-state index contributed by atoms with van der Waals surface area (Å²) in [5, 5.41) is 8.87. The summed E-state index contributed by atoms with van der Waals surface area (Å²) in [6.07, 6.45) is 5.48. The maximum absolute atomic E-state index is 8.87. The minimum Gasteiger partial charge on any atom is -0.396 e. The molecular formula is C14H29NO2. The molecule has 1 aliphatic carbocycles. The topological polar surface area (TPSA) is 55.5 Å². The molecule has 3 heteroatoms. The van der Waals surface area contributed by atoms with Gasteiger partial charge in [-0.1, -0.05) is 33.6 Å². The quantitative estimate of drug-likeness (QED) is 0.729. The van der Waals surface area contributed by atoms with Crippen LogP contribution in [0.5, 0.6) is 0 Å². The molecule has 2 atom stereocenters. The molecule has 0 amide bonds. The summed E-state index contributed by atoms with van der Waals surface area (Å²) in [6.45, 7) is 8.26. The molecule has 0 aromatic rings. The van der Waals surface area contributed by atoms with Crippen molar-refractivity contribution in [2.75, 3.05) is 19.8 Å². The average Bonchev–Trinajstić information content (AvgIpc) is 2.28. The Morgan fingerprint density at radius 1 is 1.35 bits per heavy atom. The Bertz CT molecular complexity index is 225. The molecule has 3 nitrogen and oxygen atoms in total. The van der Waals surface area contributed by atoms with Crippen LogP contribution in [0.25, 0.3) is 0 Å². The van der Waals surface area contributed by atoms with Crippen LogP contribution in [0.1, 0.15) is 52.9 Å². The van der Waals surface area contributed by atoms with Crippen LogP contribution in [0.4, 0.5) is 0 Å². The standard InChI is InChI=1S/C14H29NO2/c1-13(2,3)12-7-4-5-8-14(12,11-15)17-10-6-9-16/h12,16H,4-11,15H2,1-3H3. The molecule has 1 fully saturated rings. The first-order chi connectivity index (χ1) is 7.96. The summed E-state index contributed by atoms with van der Waals surface area (Å²) in [7, 11) is 0. The third-order valence-corrected chi connectivity index (χ3v) is 4.06. The van der Waals surface area contributed by atoms with Crippen LogP contribution < -0.4 is 5.73 Å². The zero-order valence-electron chi connectivity index (χ0n) is 11.7. The van der Waals surface area contributed by atoms with Crippen molar-refractivity contribution < 1.29 is 9.84 Å². The molecule has 0 radical (unpaired) electrons. The van der Waals surface area contributed by atoms with Crippen molar-refractivity contribution in [2.45, 2.75) is 58.5 Å². The van der Waals surface area contributed by atoms with Crippen molar-refractivity contribution in [3.05, 3.63) is 0 Å². The normalized spacial score (nSPS) is 30.5. The van der Waals surface area contributed by atoms with E-state index in [9.17, 15) is 0 Å². The van der Waals surface area contributed by atoms with Gasteiger partial charge in [-0.25, -0.2) is 0 Å². The van der Waals surface area contributed by atoms with Gasteiger partial charge in [-0.2, -0.15) is 0 Å². The lowest BCUT2D eigenvalue weighted by Crippen LogP contribution is -2.54. The molecule has 1 rings (SSSR count). The van der Waals surface area contributed by atoms with Crippen LogP contribution in [0.2, 0.25) is 0 Å². The molecule has 0 saturated heterocycles. The van der Waals surface area contributed by atoms with Crippen LogP contribution in [0, 0.1) is 11.3 Å². The van der Waals surface area contributed by atoms with Crippen molar-refractivity contribution in [1.82, 2.24) is 0 Å². The molecule has 2 unspecified atom stereocenters. The van der Waals surface area contributed by atoms with Gasteiger partial charge in [-0.05, 0) is 30.6 Å². The molecule has 0 aromatic carbocycles. The molecule has 3 N–H and O–H groups in total. The smallest absolute Gasteiger partial charge is 0.0837 e. The van der Waals surface area contributed by atoms with Gasteiger partial charge in [0, 0.05) is 19.8 Å². The first-order valence-corrected chi connectivity index (χ1v) is 6.91. The lowest BCUT2D eigenvalue weighted by atomic mass is 9.63. The highest BCUT2D eigenvalue weighted by molar-refractivity contribution is 4.97. The number of ether oxygens (including phenoxy) is 1. The molecule has 0 aromatic heterocycles. The van der Waals surface area contributed by atoms with Crippen molar-refractivity contribution >= 4 is 0 Å². The Kier molecular flexibility index (Phi) is 5.42. The predicted octanol–water partition coefficient (Wildman–Crippen LogP) is 2.32. The van der Waals surface area contributed by atoms with Gasteiger partial charge in [0.15, 0.2) is 0 Å². The average molecular weight is 243 g/mol. The number of hydrogen-bond donors (Lipinski definition) is 2. The Balaban J connectivity index is 2.76.